The van der Waals surface area contributed by atoms with E-state index >= 15 is 0 Å². The van der Waals surface area contributed by atoms with Crippen LogP contribution in [0.3, 0.4) is 0 Å². The van der Waals surface area contributed by atoms with Gasteiger partial charge in [0.15, 0.2) is 5.65 Å². The summed E-state index contributed by atoms with van der Waals surface area (Å²) in [6.45, 7) is 1.78. The molecule has 8 heteroatoms. The van der Waals surface area contributed by atoms with Crippen LogP contribution >= 0.6 is 0 Å². The Morgan fingerprint density at radius 2 is 2.00 bits per heavy atom. The lowest BCUT2D eigenvalue weighted by atomic mass is 10.0. The number of ether oxygens (including phenoxy) is 2. The smallest absolute Gasteiger partial charge is 0.327 e. The van der Waals surface area contributed by atoms with Crippen molar-refractivity contribution < 1.29 is 23.0 Å². The van der Waals surface area contributed by atoms with Gasteiger partial charge < -0.3 is 9.47 Å². The fraction of sp³-hybridized carbons (Fsp3) is 0.381. The van der Waals surface area contributed by atoms with E-state index in [9.17, 15) is 13.6 Å². The topological polar surface area (TPSA) is 66.2 Å². The standard InChI is InChI=1S/C21H21F2N3O3/c1-3-29-17(27)11-26-21-18(19(25-26)13-4-5-13)15(20(22)23)10-16(24-21)12-6-8-14(28-2)9-7-12/h6-10,13,20H,3-5,11H2,1-2H3. The Kier molecular flexibility index (Phi) is 5.17. The molecule has 3 aromatic rings. The number of carbonyl (C=O) groups excluding carboxylic acids is 1. The minimum Gasteiger partial charge on any atom is -0.497 e. The molecule has 152 valence electrons. The first-order valence-corrected chi connectivity index (χ1v) is 9.51. The number of hydrogen-bond donors (Lipinski definition) is 0. The summed E-state index contributed by atoms with van der Waals surface area (Å²) in [5.41, 5.74) is 1.82. The van der Waals surface area contributed by atoms with Crippen molar-refractivity contribution in [2.45, 2.75) is 38.7 Å². The van der Waals surface area contributed by atoms with Crippen LogP contribution in [0.2, 0.25) is 0 Å². The van der Waals surface area contributed by atoms with Crippen molar-refractivity contribution in [1.82, 2.24) is 14.8 Å². The van der Waals surface area contributed by atoms with Crippen LogP contribution in [0.4, 0.5) is 8.78 Å². The second-order valence-corrected chi connectivity index (χ2v) is 6.95. The molecular formula is C21H21F2N3O3. The molecule has 0 amide bonds. The lowest BCUT2D eigenvalue weighted by molar-refractivity contribution is -0.143. The number of fused-ring (bicyclic) bond motifs is 1. The molecule has 2 heterocycles. The highest BCUT2D eigenvalue weighted by Crippen LogP contribution is 2.45. The van der Waals surface area contributed by atoms with Crippen LogP contribution in [0, 0.1) is 0 Å². The number of alkyl halides is 2. The van der Waals surface area contributed by atoms with Gasteiger partial charge in [-0.2, -0.15) is 5.10 Å². The van der Waals surface area contributed by atoms with Gasteiger partial charge >= 0.3 is 5.97 Å². The van der Waals surface area contributed by atoms with Crippen LogP contribution < -0.4 is 4.74 Å². The number of halogens is 2. The maximum atomic E-state index is 14.0. The Labute approximate surface area is 166 Å². The number of hydrogen-bond acceptors (Lipinski definition) is 5. The van der Waals surface area contributed by atoms with Gasteiger partial charge in [-0.25, -0.2) is 18.4 Å². The normalized spacial score (nSPS) is 13.8. The minimum absolute atomic E-state index is 0.113. The molecule has 1 saturated carbocycles. The van der Waals surface area contributed by atoms with Gasteiger partial charge in [-0.3, -0.25) is 4.79 Å². The third-order valence-corrected chi connectivity index (χ3v) is 4.93. The summed E-state index contributed by atoms with van der Waals surface area (Å²) in [7, 11) is 1.56. The predicted octanol–water partition coefficient (Wildman–Crippen LogP) is 4.49. The lowest BCUT2D eigenvalue weighted by Crippen LogP contribution is -2.15. The van der Waals surface area contributed by atoms with Gasteiger partial charge in [0, 0.05) is 17.0 Å². The molecule has 29 heavy (non-hydrogen) atoms. The largest absolute Gasteiger partial charge is 0.497 e. The lowest BCUT2D eigenvalue weighted by Gasteiger charge is -2.09. The molecule has 0 saturated heterocycles. The Balaban J connectivity index is 1.89. The second-order valence-electron chi connectivity index (χ2n) is 6.95. The molecule has 0 unspecified atom stereocenters. The molecule has 6 nitrogen and oxygen atoms in total. The zero-order chi connectivity index (χ0) is 20.5. The average Bonchev–Trinajstić information content (AvgIpc) is 3.50. The Bertz CT molecular complexity index is 1040. The van der Waals surface area contributed by atoms with Crippen LogP contribution in [0.25, 0.3) is 22.3 Å². The molecule has 1 aromatic carbocycles. The molecule has 0 N–H and O–H groups in total. The Hall–Kier alpha value is -3.03. The highest BCUT2D eigenvalue weighted by atomic mass is 19.3. The van der Waals surface area contributed by atoms with E-state index in [4.69, 9.17) is 9.47 Å². The van der Waals surface area contributed by atoms with Gasteiger partial charge in [0.1, 0.15) is 12.3 Å². The average molecular weight is 401 g/mol. The first-order chi connectivity index (χ1) is 14.0. The Morgan fingerprint density at radius 1 is 1.28 bits per heavy atom. The molecule has 0 bridgehead atoms. The van der Waals surface area contributed by atoms with Crippen LogP contribution in [-0.4, -0.2) is 34.5 Å². The van der Waals surface area contributed by atoms with Crippen molar-refractivity contribution in [3.63, 3.8) is 0 Å². The fourth-order valence-electron chi connectivity index (χ4n) is 3.39. The van der Waals surface area contributed by atoms with E-state index in [1.54, 1.807) is 38.3 Å². The third kappa shape index (κ3) is 3.79. The number of pyridine rings is 1. The fourth-order valence-corrected chi connectivity index (χ4v) is 3.39. The highest BCUT2D eigenvalue weighted by Gasteiger charge is 2.33. The maximum absolute atomic E-state index is 14.0. The minimum atomic E-state index is -2.68. The van der Waals surface area contributed by atoms with Crippen LogP contribution in [0.15, 0.2) is 30.3 Å². The van der Waals surface area contributed by atoms with Gasteiger partial charge in [0.25, 0.3) is 6.43 Å². The van der Waals surface area contributed by atoms with Gasteiger partial charge in [0.2, 0.25) is 0 Å². The highest BCUT2D eigenvalue weighted by molar-refractivity contribution is 5.87. The molecular weight excluding hydrogens is 380 g/mol. The van der Waals surface area contributed by atoms with E-state index in [1.165, 1.54) is 10.7 Å². The van der Waals surface area contributed by atoms with Gasteiger partial charge in [-0.1, -0.05) is 0 Å². The molecule has 0 aliphatic heterocycles. The predicted molar refractivity (Wildman–Crippen MR) is 103 cm³/mol. The summed E-state index contributed by atoms with van der Waals surface area (Å²) in [6.07, 6.45) is -0.890. The number of carbonyl (C=O) groups is 1. The monoisotopic (exact) mass is 401 g/mol. The number of aromatic nitrogens is 3. The Morgan fingerprint density at radius 3 is 2.59 bits per heavy atom. The molecule has 0 radical (unpaired) electrons. The van der Waals surface area contributed by atoms with Crippen molar-refractivity contribution in [2.75, 3.05) is 13.7 Å². The molecule has 1 fully saturated rings. The quantitative estimate of drug-likeness (QED) is 0.546. The summed E-state index contributed by atoms with van der Waals surface area (Å²) in [6, 6.07) is 8.42. The van der Waals surface area contributed by atoms with E-state index in [0.717, 1.165) is 12.8 Å². The van der Waals surface area contributed by atoms with Crippen molar-refractivity contribution in [2.24, 2.45) is 0 Å². The van der Waals surface area contributed by atoms with Crippen LogP contribution in [0.1, 0.15) is 43.4 Å². The van der Waals surface area contributed by atoms with E-state index in [2.05, 4.69) is 10.1 Å². The van der Waals surface area contributed by atoms with Crippen LogP contribution in [-0.2, 0) is 16.1 Å². The van der Waals surface area contributed by atoms with E-state index in [-0.39, 0.29) is 30.3 Å². The van der Waals surface area contributed by atoms with Crippen molar-refractivity contribution in [1.29, 1.82) is 0 Å². The summed E-state index contributed by atoms with van der Waals surface area (Å²) >= 11 is 0. The third-order valence-electron chi connectivity index (χ3n) is 4.93. The van der Waals surface area contributed by atoms with E-state index in [0.29, 0.717) is 28.1 Å². The number of rotatable bonds is 7. The van der Waals surface area contributed by atoms with Gasteiger partial charge in [0.05, 0.1) is 30.5 Å². The van der Waals surface area contributed by atoms with E-state index < -0.39 is 12.4 Å². The number of nitrogens with zero attached hydrogens (tertiary/aromatic N) is 3. The van der Waals surface area contributed by atoms with Crippen molar-refractivity contribution in [3.8, 4) is 17.0 Å². The number of benzene rings is 1. The SMILES string of the molecule is CCOC(=O)Cn1nc(C2CC2)c2c(C(F)F)cc(-c3ccc(OC)cc3)nc21. The molecule has 1 aliphatic carbocycles. The van der Waals surface area contributed by atoms with Gasteiger partial charge in [-0.05, 0) is 50.1 Å². The zero-order valence-electron chi connectivity index (χ0n) is 16.2. The zero-order valence-corrected chi connectivity index (χ0v) is 16.2. The van der Waals surface area contributed by atoms with Crippen molar-refractivity contribution in [3.05, 3.63) is 41.6 Å². The molecule has 2 aromatic heterocycles. The summed E-state index contributed by atoms with van der Waals surface area (Å²) in [4.78, 5) is 16.6. The van der Waals surface area contributed by atoms with Gasteiger partial charge in [-0.15, -0.1) is 0 Å². The second kappa shape index (κ2) is 7.77. The maximum Gasteiger partial charge on any atom is 0.327 e. The van der Waals surface area contributed by atoms with Crippen molar-refractivity contribution >= 4 is 17.0 Å². The molecule has 0 spiro atoms. The summed E-state index contributed by atoms with van der Waals surface area (Å²) < 4.78 is 39.5. The molecule has 1 aliphatic rings. The first-order valence-electron chi connectivity index (χ1n) is 9.51. The van der Waals surface area contributed by atoms with E-state index in [1.807, 2.05) is 0 Å². The first kappa shape index (κ1) is 19.3. The summed E-state index contributed by atoms with van der Waals surface area (Å²) in [5, 5.41) is 4.83. The molecule has 4 rings (SSSR count). The number of esters is 1. The van der Waals surface area contributed by atoms with Crippen LogP contribution in [0.5, 0.6) is 5.75 Å². The molecule has 0 atom stereocenters. The summed E-state index contributed by atoms with van der Waals surface area (Å²) in [5.74, 6) is 0.314. The number of methoxy groups -OCH3 is 1.